The van der Waals surface area contributed by atoms with Crippen LogP contribution in [-0.4, -0.2) is 24.1 Å². The van der Waals surface area contributed by atoms with E-state index in [1.54, 1.807) is 27.7 Å². The molecule has 0 atom stereocenters. The summed E-state index contributed by atoms with van der Waals surface area (Å²) < 4.78 is 9.63. The molecule has 4 nitrogen and oxygen atoms in total. The fourth-order valence-electron chi connectivity index (χ4n) is 0.721. The Morgan fingerprint density at radius 1 is 0.778 bits per heavy atom. The Morgan fingerprint density at radius 2 is 1.00 bits per heavy atom. The number of ether oxygens (including phenoxy) is 2. The first kappa shape index (κ1) is 24.2. The van der Waals surface area contributed by atoms with E-state index in [1.807, 2.05) is 0 Å². The molecule has 8 heteroatoms. The summed E-state index contributed by atoms with van der Waals surface area (Å²) in [6, 6.07) is 0. The molecule has 0 aliphatic heterocycles. The van der Waals surface area contributed by atoms with Crippen LogP contribution in [0.2, 0.25) is 0 Å². The number of carbonyl (C=O) groups excluding carboxylic acids is 2. The van der Waals surface area contributed by atoms with Gasteiger partial charge < -0.3 is 34.7 Å². The topological polar surface area (TPSA) is 52.6 Å². The van der Waals surface area contributed by atoms with Gasteiger partial charge in [0.05, 0.1) is 12.2 Å². The largest absolute Gasteiger partial charge is 1.00 e. The van der Waals surface area contributed by atoms with Crippen LogP contribution in [0.4, 0.5) is 0 Å². The second-order valence-corrected chi connectivity index (χ2v) is 4.38. The standard InChI is InChI=1S/C10H16O4S2.2Na/c1-5(2)13-9(11)7(15)8(16)10(12)14-6(3)4;;/h5-6,15-16H,1-4H3;;/q;2*+1/p-2/b8-7-;;. The van der Waals surface area contributed by atoms with Gasteiger partial charge in [-0.2, -0.15) is 0 Å². The number of hydrogen-bond acceptors (Lipinski definition) is 6. The second kappa shape index (κ2) is 11.9. The Kier molecular flexibility index (Phi) is 16.0. The predicted molar refractivity (Wildman–Crippen MR) is 64.2 cm³/mol. The molecule has 0 saturated heterocycles. The fourth-order valence-corrected chi connectivity index (χ4v) is 0.983. The van der Waals surface area contributed by atoms with Crippen LogP contribution in [0.1, 0.15) is 27.7 Å². The quantitative estimate of drug-likeness (QED) is 0.225. The Morgan fingerprint density at radius 3 is 1.17 bits per heavy atom. The monoisotopic (exact) mass is 308 g/mol. The van der Waals surface area contributed by atoms with Gasteiger partial charge in [-0.25, -0.2) is 9.59 Å². The molecular weight excluding hydrogens is 294 g/mol. The molecule has 0 saturated carbocycles. The van der Waals surface area contributed by atoms with Gasteiger partial charge >= 0.3 is 71.1 Å². The second-order valence-electron chi connectivity index (χ2n) is 3.57. The Bertz CT molecular complexity index is 287. The minimum absolute atomic E-state index is 0. The number of esters is 2. The third-order valence-electron chi connectivity index (χ3n) is 1.26. The van der Waals surface area contributed by atoms with E-state index < -0.39 is 11.9 Å². The van der Waals surface area contributed by atoms with E-state index >= 15 is 0 Å². The van der Waals surface area contributed by atoms with Crippen molar-refractivity contribution in [3.8, 4) is 0 Å². The van der Waals surface area contributed by atoms with E-state index in [0.717, 1.165) is 0 Å². The summed E-state index contributed by atoms with van der Waals surface area (Å²) in [5, 5.41) is 0. The fraction of sp³-hybridized carbons (Fsp3) is 0.600. The molecule has 0 aromatic carbocycles. The molecule has 0 bridgehead atoms. The van der Waals surface area contributed by atoms with Crippen molar-refractivity contribution in [2.45, 2.75) is 39.9 Å². The van der Waals surface area contributed by atoms with Crippen molar-refractivity contribution in [1.82, 2.24) is 0 Å². The van der Waals surface area contributed by atoms with Crippen LogP contribution < -0.4 is 59.1 Å². The van der Waals surface area contributed by atoms with Gasteiger partial charge in [0.25, 0.3) is 0 Å². The van der Waals surface area contributed by atoms with Crippen molar-refractivity contribution < 1.29 is 78.2 Å². The van der Waals surface area contributed by atoms with E-state index in [9.17, 15) is 9.59 Å². The van der Waals surface area contributed by atoms with Gasteiger partial charge in [0.1, 0.15) is 0 Å². The Labute approximate surface area is 163 Å². The maximum absolute atomic E-state index is 11.3. The molecular formula is C10H14Na2O4S2. The molecule has 0 rings (SSSR count). The summed E-state index contributed by atoms with van der Waals surface area (Å²) in [5.41, 5.74) is 0. The van der Waals surface area contributed by atoms with Crippen molar-refractivity contribution in [2.24, 2.45) is 0 Å². The minimum Gasteiger partial charge on any atom is -0.774 e. The van der Waals surface area contributed by atoms with Crippen molar-refractivity contribution in [3.63, 3.8) is 0 Å². The molecule has 0 spiro atoms. The summed E-state index contributed by atoms with van der Waals surface area (Å²) in [7, 11) is 0. The van der Waals surface area contributed by atoms with Crippen molar-refractivity contribution in [3.05, 3.63) is 9.81 Å². The molecule has 18 heavy (non-hydrogen) atoms. The molecule has 92 valence electrons. The average molecular weight is 308 g/mol. The van der Waals surface area contributed by atoms with Crippen molar-refractivity contribution in [1.29, 1.82) is 0 Å². The van der Waals surface area contributed by atoms with Crippen LogP contribution in [-0.2, 0) is 44.3 Å². The molecule has 0 radical (unpaired) electrons. The van der Waals surface area contributed by atoms with Crippen LogP contribution in [0.3, 0.4) is 0 Å². The summed E-state index contributed by atoms with van der Waals surface area (Å²) in [6.07, 6.45) is -0.622. The smallest absolute Gasteiger partial charge is 0.774 e. The van der Waals surface area contributed by atoms with Crippen LogP contribution in [0, 0.1) is 0 Å². The van der Waals surface area contributed by atoms with Crippen molar-refractivity contribution >= 4 is 37.2 Å². The third-order valence-corrected chi connectivity index (χ3v) is 2.13. The summed E-state index contributed by atoms with van der Waals surface area (Å²) in [4.78, 5) is 22.0. The average Bonchev–Trinajstić information content (AvgIpc) is 2.13. The number of carbonyl (C=O) groups is 2. The maximum Gasteiger partial charge on any atom is 1.00 e. The van der Waals surface area contributed by atoms with Crippen LogP contribution in [0.15, 0.2) is 9.81 Å². The van der Waals surface area contributed by atoms with E-state index in [4.69, 9.17) is 34.7 Å². The number of rotatable bonds is 4. The normalized spacial score (nSPS) is 11.0. The molecule has 0 heterocycles. The van der Waals surface area contributed by atoms with E-state index in [2.05, 4.69) is 0 Å². The van der Waals surface area contributed by atoms with Gasteiger partial charge in [0.2, 0.25) is 0 Å². The van der Waals surface area contributed by atoms with Gasteiger partial charge in [-0.05, 0) is 27.7 Å². The molecule has 0 fully saturated rings. The zero-order valence-corrected chi connectivity index (χ0v) is 17.2. The Balaban J connectivity index is -0.00000112. The predicted octanol–water partition coefficient (Wildman–Crippen LogP) is -4.80. The SMILES string of the molecule is CC(C)OC(=O)/C([S-])=C(/[S-])C(=O)OC(C)C.[Na+].[Na+]. The molecule has 0 aromatic heterocycles. The maximum atomic E-state index is 11.3. The van der Waals surface area contributed by atoms with Crippen LogP contribution in [0.5, 0.6) is 0 Å². The molecule has 0 amide bonds. The molecule has 0 aromatic rings. The van der Waals surface area contributed by atoms with Crippen LogP contribution >= 0.6 is 0 Å². The minimum atomic E-state index is -0.768. The molecule has 0 unspecified atom stereocenters. The number of hydrogen-bond donors (Lipinski definition) is 0. The summed E-state index contributed by atoms with van der Waals surface area (Å²) in [5.74, 6) is -1.54. The summed E-state index contributed by atoms with van der Waals surface area (Å²) in [6.45, 7) is 6.71. The van der Waals surface area contributed by atoms with Gasteiger partial charge in [-0.1, -0.05) is 0 Å². The van der Waals surface area contributed by atoms with Crippen LogP contribution in [0.25, 0.3) is 0 Å². The van der Waals surface area contributed by atoms with E-state index in [1.165, 1.54) is 0 Å². The third kappa shape index (κ3) is 9.97. The van der Waals surface area contributed by atoms with Gasteiger partial charge in [0, 0.05) is 0 Å². The molecule has 0 aliphatic rings. The van der Waals surface area contributed by atoms with Gasteiger partial charge in [0.15, 0.2) is 0 Å². The van der Waals surface area contributed by atoms with E-state index in [0.29, 0.717) is 0 Å². The zero-order valence-electron chi connectivity index (χ0n) is 11.6. The Hall–Kier alpha value is 1.12. The first-order chi connectivity index (χ1) is 7.25. The summed E-state index contributed by atoms with van der Waals surface area (Å²) >= 11 is 9.46. The van der Waals surface area contributed by atoms with Gasteiger partial charge in [-0.3, -0.25) is 0 Å². The molecule has 0 N–H and O–H groups in total. The first-order valence-electron chi connectivity index (χ1n) is 4.76. The molecule has 0 aliphatic carbocycles. The van der Waals surface area contributed by atoms with Crippen molar-refractivity contribution in [2.75, 3.05) is 0 Å². The first-order valence-corrected chi connectivity index (χ1v) is 5.57. The van der Waals surface area contributed by atoms with E-state index in [-0.39, 0.29) is 81.1 Å². The zero-order chi connectivity index (χ0) is 12.9. The van der Waals surface area contributed by atoms with Gasteiger partial charge in [-0.15, -0.1) is 9.81 Å².